The maximum Gasteiger partial charge on any atom is 0.159 e. The summed E-state index contributed by atoms with van der Waals surface area (Å²) in [5, 5.41) is 11.8. The SMILES string of the molecule is CC(C)c1cc(C(c2cccc3c2OC2C=CC=CC32)c2cccc3c2oc2ccccc23)c2ccc3c(C(C)C)cc(N(c4cccc5c4OC4C=CC=CC54)c4cccc5c4oc4ccccc45)c4ccc1c2c34. The van der Waals surface area contributed by atoms with Crippen LogP contribution in [-0.2, 0) is 0 Å². The van der Waals surface area contributed by atoms with Gasteiger partial charge in [-0.2, -0.15) is 0 Å². The van der Waals surface area contributed by atoms with Crippen LogP contribution >= 0.6 is 0 Å². The van der Waals surface area contributed by atoms with Crippen LogP contribution in [0.1, 0.15) is 96.2 Å². The van der Waals surface area contributed by atoms with Crippen molar-refractivity contribution in [1.29, 1.82) is 0 Å². The average Bonchev–Trinajstić information content (AvgIpc) is 4.35. The first-order chi connectivity index (χ1) is 37.4. The highest BCUT2D eigenvalue weighted by Gasteiger charge is 2.39. The van der Waals surface area contributed by atoms with Gasteiger partial charge in [-0.25, -0.2) is 0 Å². The van der Waals surface area contributed by atoms with Gasteiger partial charge in [0.1, 0.15) is 40.5 Å². The molecule has 5 unspecified atom stereocenters. The molecule has 4 aliphatic rings. The monoisotopic (exact) mass is 983 g/mol. The summed E-state index contributed by atoms with van der Waals surface area (Å²) in [5.41, 5.74) is 15.0. The second-order valence-corrected chi connectivity index (χ2v) is 22.0. The van der Waals surface area contributed by atoms with Crippen LogP contribution in [0.4, 0.5) is 17.1 Å². The maximum absolute atomic E-state index is 7.12. The van der Waals surface area contributed by atoms with Crippen LogP contribution in [0.2, 0.25) is 0 Å². The average molecular weight is 984 g/mol. The zero-order valence-electron chi connectivity index (χ0n) is 42.8. The number of allylic oxidation sites excluding steroid dienone is 4. The summed E-state index contributed by atoms with van der Waals surface area (Å²) in [4.78, 5) is 2.45. The van der Waals surface area contributed by atoms with Crippen LogP contribution in [0.15, 0.2) is 215 Å². The van der Waals surface area contributed by atoms with E-state index in [0.717, 1.165) is 89.0 Å². The molecule has 76 heavy (non-hydrogen) atoms. The molecule has 0 saturated heterocycles. The molecule has 12 aromatic rings. The molecule has 16 rings (SSSR count). The third-order valence-electron chi connectivity index (χ3n) is 17.2. The zero-order valence-corrected chi connectivity index (χ0v) is 42.8. The third-order valence-corrected chi connectivity index (χ3v) is 17.2. The van der Waals surface area contributed by atoms with Crippen LogP contribution in [0.3, 0.4) is 0 Å². The van der Waals surface area contributed by atoms with Crippen molar-refractivity contribution in [2.24, 2.45) is 0 Å². The lowest BCUT2D eigenvalue weighted by Gasteiger charge is -2.31. The number of hydrogen-bond donors (Lipinski definition) is 0. The first kappa shape index (κ1) is 43.6. The minimum Gasteiger partial charge on any atom is -0.485 e. The zero-order chi connectivity index (χ0) is 50.5. The van der Waals surface area contributed by atoms with E-state index >= 15 is 0 Å². The van der Waals surface area contributed by atoms with Crippen molar-refractivity contribution in [2.75, 3.05) is 4.90 Å². The quantitative estimate of drug-likeness (QED) is 0.112. The van der Waals surface area contributed by atoms with Gasteiger partial charge < -0.3 is 23.2 Å². The van der Waals surface area contributed by atoms with Gasteiger partial charge in [-0.1, -0.05) is 192 Å². The lowest BCUT2D eigenvalue weighted by Crippen LogP contribution is -2.16. The number of ether oxygens (including phenoxy) is 2. The number of fused-ring (bicyclic) bond motifs is 12. The van der Waals surface area contributed by atoms with Gasteiger partial charge in [-0.15, -0.1) is 0 Å². The summed E-state index contributed by atoms with van der Waals surface area (Å²) < 4.78 is 28.2. The Bertz CT molecular complexity index is 4250. The Morgan fingerprint density at radius 2 is 0.868 bits per heavy atom. The Hall–Kier alpha value is -8.80. The molecule has 0 fully saturated rings. The summed E-state index contributed by atoms with van der Waals surface area (Å²) in [6, 6.07) is 58.2. The number of para-hydroxylation sites is 6. The summed E-state index contributed by atoms with van der Waals surface area (Å²) in [6.45, 7) is 9.35. The number of nitrogens with zero attached hydrogens (tertiary/aromatic N) is 1. The molecule has 0 saturated carbocycles. The molecule has 2 aliphatic heterocycles. The van der Waals surface area contributed by atoms with E-state index in [1.807, 2.05) is 0 Å². The largest absolute Gasteiger partial charge is 0.485 e. The molecule has 0 bridgehead atoms. The first-order valence-electron chi connectivity index (χ1n) is 27.1. The minimum atomic E-state index is -0.253. The Morgan fingerprint density at radius 3 is 1.57 bits per heavy atom. The second-order valence-electron chi connectivity index (χ2n) is 22.0. The summed E-state index contributed by atoms with van der Waals surface area (Å²) >= 11 is 0. The molecule has 2 aliphatic carbocycles. The van der Waals surface area contributed by atoms with Gasteiger partial charge in [-0.05, 0) is 97.9 Å². The fourth-order valence-electron chi connectivity index (χ4n) is 13.8. The number of hydrogen-bond acceptors (Lipinski definition) is 5. The lowest BCUT2D eigenvalue weighted by atomic mass is 9.76. The predicted octanol–water partition coefficient (Wildman–Crippen LogP) is 19.2. The van der Waals surface area contributed by atoms with Gasteiger partial charge in [0.05, 0.1) is 17.1 Å². The van der Waals surface area contributed by atoms with E-state index in [1.165, 1.54) is 54.7 Å². The van der Waals surface area contributed by atoms with Gasteiger partial charge in [0, 0.05) is 66.9 Å². The second kappa shape index (κ2) is 16.3. The molecular formula is C71H53NO4. The molecule has 5 nitrogen and oxygen atoms in total. The van der Waals surface area contributed by atoms with Gasteiger partial charge in [0.15, 0.2) is 5.58 Å². The molecule has 366 valence electrons. The van der Waals surface area contributed by atoms with Gasteiger partial charge >= 0.3 is 0 Å². The van der Waals surface area contributed by atoms with Crippen LogP contribution in [0.5, 0.6) is 11.5 Å². The fourth-order valence-corrected chi connectivity index (χ4v) is 13.8. The molecule has 5 heteroatoms. The van der Waals surface area contributed by atoms with Crippen LogP contribution in [0.25, 0.3) is 76.2 Å². The van der Waals surface area contributed by atoms with E-state index in [4.69, 9.17) is 18.3 Å². The highest BCUT2D eigenvalue weighted by atomic mass is 16.5. The minimum absolute atomic E-state index is 0.0640. The maximum atomic E-state index is 7.12. The molecule has 0 spiro atoms. The van der Waals surface area contributed by atoms with Crippen LogP contribution in [0, 0.1) is 0 Å². The number of furan rings is 2. The van der Waals surface area contributed by atoms with Crippen LogP contribution in [-0.4, -0.2) is 12.2 Å². The van der Waals surface area contributed by atoms with Gasteiger partial charge in [-0.3, -0.25) is 0 Å². The Kier molecular flexibility index (Phi) is 9.38. The van der Waals surface area contributed by atoms with E-state index < -0.39 is 0 Å². The van der Waals surface area contributed by atoms with Crippen molar-refractivity contribution in [1.82, 2.24) is 0 Å². The highest BCUT2D eigenvalue weighted by molar-refractivity contribution is 6.28. The molecule has 10 aromatic carbocycles. The third kappa shape index (κ3) is 6.14. The molecule has 4 heterocycles. The number of rotatable bonds is 8. The first-order valence-corrected chi connectivity index (χ1v) is 27.1. The molecule has 0 amide bonds. The van der Waals surface area contributed by atoms with Crippen molar-refractivity contribution in [3.63, 3.8) is 0 Å². The topological polar surface area (TPSA) is 48.0 Å². The predicted molar refractivity (Wildman–Crippen MR) is 312 cm³/mol. The Labute approximate surface area is 440 Å². The van der Waals surface area contributed by atoms with E-state index in [2.05, 4.69) is 239 Å². The van der Waals surface area contributed by atoms with Crippen molar-refractivity contribution < 1.29 is 18.3 Å². The lowest BCUT2D eigenvalue weighted by molar-refractivity contribution is 0.266. The Morgan fingerprint density at radius 1 is 0.368 bits per heavy atom. The highest BCUT2D eigenvalue weighted by Crippen LogP contribution is 2.57. The van der Waals surface area contributed by atoms with Crippen molar-refractivity contribution in [3.05, 3.63) is 245 Å². The van der Waals surface area contributed by atoms with Crippen molar-refractivity contribution >= 4 is 93.3 Å². The molecule has 2 aromatic heterocycles. The van der Waals surface area contributed by atoms with Gasteiger partial charge in [0.25, 0.3) is 0 Å². The molecule has 5 atom stereocenters. The van der Waals surface area contributed by atoms with E-state index in [9.17, 15) is 0 Å². The standard InChI is InChI=1S/C71H53NO4/c1-39(2)55-37-57(65(53-25-13-21-48-41-17-5-9-29-61(41)73-68(48)53)54-26-14-22-49-42-18-6-10-30-62(42)74-69(49)54)47-34-33-46-56(40(3)4)38-60(52-36-35-45(55)66(47)67(46)52)72(58-27-15-23-50-43-19-7-11-31-63(43)75-70(50)58)59-28-16-24-51-44-20-8-12-32-64(44)76-71(51)59/h5-41,43,61,63,65H,1-4H3. The van der Waals surface area contributed by atoms with Crippen molar-refractivity contribution in [2.45, 2.75) is 69.5 Å². The number of anilines is 3. The van der Waals surface area contributed by atoms with E-state index in [-0.39, 0.29) is 41.8 Å². The molecule has 0 N–H and O–H groups in total. The smallest absolute Gasteiger partial charge is 0.159 e. The fraction of sp³-hybridized carbons (Fsp3) is 0.155. The van der Waals surface area contributed by atoms with Crippen molar-refractivity contribution in [3.8, 4) is 11.5 Å². The summed E-state index contributed by atoms with van der Waals surface area (Å²) in [7, 11) is 0. The van der Waals surface area contributed by atoms with Gasteiger partial charge in [0.2, 0.25) is 0 Å². The Balaban J connectivity index is 1.02. The van der Waals surface area contributed by atoms with Crippen LogP contribution < -0.4 is 14.4 Å². The summed E-state index contributed by atoms with van der Waals surface area (Å²) in [6.07, 6.45) is 17.3. The van der Waals surface area contributed by atoms with E-state index in [0.29, 0.717) is 0 Å². The molecule has 0 radical (unpaired) electrons. The summed E-state index contributed by atoms with van der Waals surface area (Å²) in [5.74, 6) is 2.28. The molecular weight excluding hydrogens is 931 g/mol. The normalized spacial score (nSPS) is 18.7. The number of benzene rings is 10. The van der Waals surface area contributed by atoms with E-state index in [1.54, 1.807) is 0 Å².